The summed E-state index contributed by atoms with van der Waals surface area (Å²) in [7, 11) is 3.79. The van der Waals surface area contributed by atoms with E-state index in [1.807, 2.05) is 25.1 Å². The van der Waals surface area contributed by atoms with Crippen LogP contribution in [-0.4, -0.2) is 36.0 Å². The molecule has 0 fully saturated rings. The molecular weight excluding hydrogens is 306 g/mol. The third kappa shape index (κ3) is 4.44. The summed E-state index contributed by atoms with van der Waals surface area (Å²) in [6, 6.07) is 8.84. The van der Waals surface area contributed by atoms with E-state index in [0.29, 0.717) is 11.3 Å². The minimum Gasteiger partial charge on any atom is -0.353 e. The number of nitrogens with one attached hydrogen (secondary N) is 1. The minimum absolute atomic E-state index is 0.142. The Morgan fingerprint density at radius 2 is 2.29 bits per heavy atom. The van der Waals surface area contributed by atoms with Crippen molar-refractivity contribution in [2.24, 2.45) is 0 Å². The SMILES string of the molecule is CN(C)c1nnc(SCC(=O)Nc2cccc(C#N)c2)s1. The topological polar surface area (TPSA) is 81.9 Å². The summed E-state index contributed by atoms with van der Waals surface area (Å²) in [5.74, 6) is 0.107. The van der Waals surface area contributed by atoms with E-state index in [0.717, 1.165) is 9.47 Å². The van der Waals surface area contributed by atoms with Gasteiger partial charge in [0.05, 0.1) is 17.4 Å². The lowest BCUT2D eigenvalue weighted by Crippen LogP contribution is -2.13. The predicted octanol–water partition coefficient (Wildman–Crippen LogP) is 2.21. The highest BCUT2D eigenvalue weighted by atomic mass is 32.2. The molecule has 1 aromatic carbocycles. The van der Waals surface area contributed by atoms with Gasteiger partial charge in [0.1, 0.15) is 0 Å². The number of hydrogen-bond donors (Lipinski definition) is 1. The second kappa shape index (κ2) is 7.06. The number of anilines is 2. The smallest absolute Gasteiger partial charge is 0.234 e. The zero-order valence-corrected chi connectivity index (χ0v) is 13.2. The zero-order valence-electron chi connectivity index (χ0n) is 11.5. The molecule has 0 bridgehead atoms. The molecule has 0 unspecified atom stereocenters. The van der Waals surface area contributed by atoms with Gasteiger partial charge in [-0.05, 0) is 18.2 Å². The van der Waals surface area contributed by atoms with Crippen LogP contribution in [0.5, 0.6) is 0 Å². The second-order valence-corrected chi connectivity index (χ2v) is 6.45. The highest BCUT2D eigenvalue weighted by Gasteiger charge is 2.09. The number of rotatable bonds is 5. The molecule has 108 valence electrons. The number of benzene rings is 1. The van der Waals surface area contributed by atoms with Crippen LogP contribution < -0.4 is 10.2 Å². The summed E-state index contributed by atoms with van der Waals surface area (Å²) in [5.41, 5.74) is 1.13. The number of nitrogens with zero attached hydrogens (tertiary/aromatic N) is 4. The van der Waals surface area contributed by atoms with E-state index >= 15 is 0 Å². The molecular formula is C13H13N5OS2. The molecule has 0 radical (unpaired) electrons. The lowest BCUT2D eigenvalue weighted by molar-refractivity contribution is -0.113. The average Bonchev–Trinajstić information content (AvgIpc) is 2.94. The molecule has 2 aromatic rings. The first-order valence-electron chi connectivity index (χ1n) is 6.02. The number of carbonyl (C=O) groups excluding carboxylic acids is 1. The Morgan fingerprint density at radius 1 is 1.48 bits per heavy atom. The van der Waals surface area contributed by atoms with Crippen molar-refractivity contribution in [3.05, 3.63) is 29.8 Å². The molecule has 1 amide bonds. The van der Waals surface area contributed by atoms with E-state index in [-0.39, 0.29) is 11.7 Å². The number of nitriles is 1. The van der Waals surface area contributed by atoms with Crippen molar-refractivity contribution in [2.75, 3.05) is 30.1 Å². The van der Waals surface area contributed by atoms with Crippen LogP contribution in [0.25, 0.3) is 0 Å². The van der Waals surface area contributed by atoms with Gasteiger partial charge in [-0.2, -0.15) is 5.26 Å². The Labute approximate surface area is 130 Å². The molecule has 21 heavy (non-hydrogen) atoms. The molecule has 0 atom stereocenters. The molecule has 1 N–H and O–H groups in total. The molecule has 0 aliphatic heterocycles. The lowest BCUT2D eigenvalue weighted by atomic mass is 10.2. The molecule has 8 heteroatoms. The van der Waals surface area contributed by atoms with E-state index in [2.05, 4.69) is 15.5 Å². The number of hydrogen-bond acceptors (Lipinski definition) is 7. The molecule has 0 spiro atoms. The number of carbonyl (C=O) groups is 1. The summed E-state index contributed by atoms with van der Waals surface area (Å²) in [5, 5.41) is 20.4. The van der Waals surface area contributed by atoms with E-state index in [1.54, 1.807) is 24.3 Å². The molecule has 0 saturated carbocycles. The first-order chi connectivity index (χ1) is 10.1. The van der Waals surface area contributed by atoms with Gasteiger partial charge in [0.25, 0.3) is 0 Å². The first kappa shape index (κ1) is 15.3. The predicted molar refractivity (Wildman–Crippen MR) is 84.7 cm³/mol. The van der Waals surface area contributed by atoms with E-state index < -0.39 is 0 Å². The van der Waals surface area contributed by atoms with E-state index in [9.17, 15) is 4.79 Å². The van der Waals surface area contributed by atoms with Gasteiger partial charge in [-0.25, -0.2) is 0 Å². The van der Waals surface area contributed by atoms with Gasteiger partial charge in [0, 0.05) is 19.8 Å². The molecule has 6 nitrogen and oxygen atoms in total. The monoisotopic (exact) mass is 319 g/mol. The van der Waals surface area contributed by atoms with Crippen LogP contribution in [0, 0.1) is 11.3 Å². The molecule has 1 aromatic heterocycles. The minimum atomic E-state index is -0.142. The molecule has 0 aliphatic carbocycles. The fourth-order valence-electron chi connectivity index (χ4n) is 1.43. The van der Waals surface area contributed by atoms with Gasteiger partial charge in [-0.3, -0.25) is 4.79 Å². The van der Waals surface area contributed by atoms with Gasteiger partial charge in [-0.1, -0.05) is 29.2 Å². The second-order valence-electron chi connectivity index (χ2n) is 4.27. The maximum Gasteiger partial charge on any atom is 0.234 e. The lowest BCUT2D eigenvalue weighted by Gasteiger charge is -2.04. The molecule has 2 rings (SSSR count). The fraction of sp³-hybridized carbons (Fsp3) is 0.231. The van der Waals surface area contributed by atoms with Crippen LogP contribution in [-0.2, 0) is 4.79 Å². The van der Waals surface area contributed by atoms with Gasteiger partial charge < -0.3 is 10.2 Å². The normalized spacial score (nSPS) is 9.95. The molecule has 1 heterocycles. The van der Waals surface area contributed by atoms with Gasteiger partial charge in [-0.15, -0.1) is 10.2 Å². The zero-order chi connectivity index (χ0) is 15.2. The summed E-state index contributed by atoms with van der Waals surface area (Å²) in [6.45, 7) is 0. The Kier molecular flexibility index (Phi) is 5.14. The third-order valence-electron chi connectivity index (χ3n) is 2.38. The Bertz CT molecular complexity index is 677. The molecule has 0 saturated heterocycles. The first-order valence-corrected chi connectivity index (χ1v) is 7.82. The Morgan fingerprint density at radius 3 is 2.95 bits per heavy atom. The third-order valence-corrected chi connectivity index (χ3v) is 4.60. The Balaban J connectivity index is 1.88. The van der Waals surface area contributed by atoms with Crippen molar-refractivity contribution in [1.82, 2.24) is 10.2 Å². The molecule has 0 aliphatic rings. The summed E-state index contributed by atoms with van der Waals surface area (Å²) in [4.78, 5) is 13.7. The quantitative estimate of drug-likeness (QED) is 0.851. The van der Waals surface area contributed by atoms with Crippen LogP contribution in [0.15, 0.2) is 28.6 Å². The van der Waals surface area contributed by atoms with Gasteiger partial charge >= 0.3 is 0 Å². The van der Waals surface area contributed by atoms with Crippen LogP contribution in [0.4, 0.5) is 10.8 Å². The average molecular weight is 319 g/mol. The van der Waals surface area contributed by atoms with Crippen molar-refractivity contribution in [3.63, 3.8) is 0 Å². The maximum absolute atomic E-state index is 11.9. The van der Waals surface area contributed by atoms with Crippen LogP contribution >= 0.6 is 23.1 Å². The number of amides is 1. The summed E-state index contributed by atoms with van der Waals surface area (Å²) < 4.78 is 0.750. The summed E-state index contributed by atoms with van der Waals surface area (Å²) >= 11 is 2.78. The summed E-state index contributed by atoms with van der Waals surface area (Å²) in [6.07, 6.45) is 0. The van der Waals surface area contributed by atoms with Crippen molar-refractivity contribution in [3.8, 4) is 6.07 Å². The van der Waals surface area contributed by atoms with Crippen molar-refractivity contribution >= 4 is 39.8 Å². The van der Waals surface area contributed by atoms with Gasteiger partial charge in [0.2, 0.25) is 11.0 Å². The highest BCUT2D eigenvalue weighted by molar-refractivity contribution is 8.01. The highest BCUT2D eigenvalue weighted by Crippen LogP contribution is 2.26. The van der Waals surface area contributed by atoms with Gasteiger partial charge in [0.15, 0.2) is 4.34 Å². The number of aromatic nitrogens is 2. The van der Waals surface area contributed by atoms with E-state index in [1.165, 1.54) is 23.1 Å². The van der Waals surface area contributed by atoms with Crippen molar-refractivity contribution in [1.29, 1.82) is 5.26 Å². The van der Waals surface area contributed by atoms with Crippen molar-refractivity contribution in [2.45, 2.75) is 4.34 Å². The standard InChI is InChI=1S/C13H13N5OS2/c1-18(2)12-16-17-13(21-12)20-8-11(19)15-10-5-3-4-9(6-10)7-14/h3-6H,8H2,1-2H3,(H,15,19). The van der Waals surface area contributed by atoms with Crippen LogP contribution in [0.2, 0.25) is 0 Å². The fourth-order valence-corrected chi connectivity index (χ4v) is 3.00. The van der Waals surface area contributed by atoms with E-state index in [4.69, 9.17) is 5.26 Å². The van der Waals surface area contributed by atoms with Crippen LogP contribution in [0.1, 0.15) is 5.56 Å². The Hall–Kier alpha value is -2.11. The van der Waals surface area contributed by atoms with Crippen LogP contribution in [0.3, 0.4) is 0 Å². The largest absolute Gasteiger partial charge is 0.353 e. The number of thioether (sulfide) groups is 1. The maximum atomic E-state index is 11.9. The van der Waals surface area contributed by atoms with Crippen molar-refractivity contribution < 1.29 is 4.79 Å².